The first-order valence-corrected chi connectivity index (χ1v) is 11.6. The average Bonchev–Trinajstić information content (AvgIpc) is 3.14. The minimum atomic E-state index is -5.04. The lowest BCUT2D eigenvalue weighted by atomic mass is 10.2. The maximum absolute atomic E-state index is 12.4. The van der Waals surface area contributed by atoms with Crippen molar-refractivity contribution in [1.29, 1.82) is 0 Å². The number of aliphatic hydroxyl groups excluding tert-OH is 1. The molecule has 3 atom stereocenters. The van der Waals surface area contributed by atoms with E-state index in [1.54, 1.807) is 5.32 Å². The summed E-state index contributed by atoms with van der Waals surface area (Å²) in [4.78, 5) is 37.8. The van der Waals surface area contributed by atoms with Crippen molar-refractivity contribution in [3.8, 4) is 11.8 Å². The van der Waals surface area contributed by atoms with Gasteiger partial charge in [0.2, 0.25) is 6.41 Å². The third-order valence-electron chi connectivity index (χ3n) is 4.08. The summed E-state index contributed by atoms with van der Waals surface area (Å²) in [5.41, 5.74) is -0.782. The Kier molecular flexibility index (Phi) is 9.84. The number of carbonyl (C=O) groups is 2. The van der Waals surface area contributed by atoms with Crippen LogP contribution in [0.3, 0.4) is 0 Å². The van der Waals surface area contributed by atoms with Crippen LogP contribution in [0.25, 0.3) is 0 Å². The van der Waals surface area contributed by atoms with E-state index in [1.165, 1.54) is 27.8 Å². The first-order chi connectivity index (χ1) is 15.2. The summed E-state index contributed by atoms with van der Waals surface area (Å²) < 4.78 is 49.1. The van der Waals surface area contributed by atoms with Gasteiger partial charge in [-0.25, -0.2) is 4.79 Å². The lowest BCUT2D eigenvalue weighted by Gasteiger charge is -2.16. The van der Waals surface area contributed by atoms with Gasteiger partial charge >= 0.3 is 17.8 Å². The van der Waals surface area contributed by atoms with E-state index in [9.17, 15) is 32.7 Å². The fourth-order valence-electron chi connectivity index (χ4n) is 2.67. The first-order valence-electron chi connectivity index (χ1n) is 8.92. The van der Waals surface area contributed by atoms with Crippen molar-refractivity contribution in [1.82, 2.24) is 14.9 Å². The largest absolute Gasteiger partial charge is 0.471 e. The summed E-state index contributed by atoms with van der Waals surface area (Å²) in [5, 5.41) is 13.3. The van der Waals surface area contributed by atoms with E-state index < -0.39 is 42.8 Å². The number of amides is 2. The van der Waals surface area contributed by atoms with Crippen molar-refractivity contribution < 1.29 is 37.3 Å². The zero-order valence-electron chi connectivity index (χ0n) is 16.5. The number of aliphatic hydroxyl groups is 1. The van der Waals surface area contributed by atoms with Crippen molar-refractivity contribution in [3.63, 3.8) is 0 Å². The van der Waals surface area contributed by atoms with E-state index in [4.69, 9.17) is 9.47 Å². The molecule has 1 aliphatic rings. The van der Waals surface area contributed by atoms with E-state index in [2.05, 4.69) is 22.1 Å². The SMILES string of the molecule is CSSCO[C@@H]1C[C@H](n2cc(C#CCNC(=O)C(F)(F)F)c(NC=O)nc2=O)O[C@@H]1CO. The van der Waals surface area contributed by atoms with Gasteiger partial charge in [0.15, 0.2) is 5.82 Å². The molecule has 0 aliphatic carbocycles. The molecule has 1 saturated heterocycles. The number of nitrogens with one attached hydrogen (secondary N) is 2. The maximum Gasteiger partial charge on any atom is 0.471 e. The molecule has 10 nitrogen and oxygen atoms in total. The van der Waals surface area contributed by atoms with Crippen LogP contribution in [0.15, 0.2) is 11.0 Å². The summed E-state index contributed by atoms with van der Waals surface area (Å²) in [6.45, 7) is -0.975. The molecule has 176 valence electrons. The predicted molar refractivity (Wildman–Crippen MR) is 111 cm³/mol. The number of hydrogen-bond acceptors (Lipinski definition) is 9. The van der Waals surface area contributed by atoms with Crippen molar-refractivity contribution in [2.24, 2.45) is 0 Å². The molecule has 1 aromatic rings. The van der Waals surface area contributed by atoms with Gasteiger partial charge in [0.05, 0.1) is 24.8 Å². The fraction of sp³-hybridized carbons (Fsp3) is 0.529. The Morgan fingerprint density at radius 1 is 1.53 bits per heavy atom. The Morgan fingerprint density at radius 2 is 2.28 bits per heavy atom. The van der Waals surface area contributed by atoms with E-state index in [-0.39, 0.29) is 30.8 Å². The highest BCUT2D eigenvalue weighted by molar-refractivity contribution is 8.76. The third kappa shape index (κ3) is 7.14. The van der Waals surface area contributed by atoms with E-state index in [0.717, 1.165) is 4.57 Å². The molecule has 0 aromatic carbocycles. The number of carbonyl (C=O) groups excluding carboxylic acids is 2. The Morgan fingerprint density at radius 3 is 2.91 bits per heavy atom. The van der Waals surface area contributed by atoms with Gasteiger partial charge in [0, 0.05) is 12.6 Å². The molecule has 32 heavy (non-hydrogen) atoms. The predicted octanol–water partition coefficient (Wildman–Crippen LogP) is 0.475. The van der Waals surface area contributed by atoms with E-state index in [1.807, 2.05) is 6.26 Å². The van der Waals surface area contributed by atoms with Crippen LogP contribution in [0.2, 0.25) is 0 Å². The Balaban J connectivity index is 2.22. The van der Waals surface area contributed by atoms with Crippen molar-refractivity contribution in [2.75, 3.05) is 30.7 Å². The Hall–Kier alpha value is -2.25. The van der Waals surface area contributed by atoms with Crippen LogP contribution in [0.1, 0.15) is 18.2 Å². The van der Waals surface area contributed by atoms with Crippen LogP contribution in [0.5, 0.6) is 0 Å². The van der Waals surface area contributed by atoms with Gasteiger partial charge in [-0.05, 0) is 6.26 Å². The molecular formula is C17H19F3N4O6S2. The summed E-state index contributed by atoms with van der Waals surface area (Å²) in [7, 11) is 2.95. The number of ether oxygens (including phenoxy) is 2. The van der Waals surface area contributed by atoms with Gasteiger partial charge in [-0.15, -0.1) is 0 Å². The first kappa shape index (κ1) is 26.0. The maximum atomic E-state index is 12.4. The number of anilines is 1. The normalized spacial score (nSPS) is 20.3. The number of nitrogens with zero attached hydrogens (tertiary/aromatic N) is 2. The smallest absolute Gasteiger partial charge is 0.394 e. The van der Waals surface area contributed by atoms with Crippen LogP contribution in [-0.4, -0.2) is 70.7 Å². The van der Waals surface area contributed by atoms with Gasteiger partial charge in [-0.2, -0.15) is 18.2 Å². The van der Waals surface area contributed by atoms with Gasteiger partial charge in [0.1, 0.15) is 18.3 Å². The molecule has 2 heterocycles. The van der Waals surface area contributed by atoms with Gasteiger partial charge in [0.25, 0.3) is 0 Å². The van der Waals surface area contributed by atoms with Crippen LogP contribution in [0.4, 0.5) is 19.0 Å². The standard InChI is InChI=1S/C17H19F3N4O6S2/c1-31-32-9-29-11-5-13(30-12(11)7-25)24-6-10(14(22-8-26)23-16(24)28)3-2-4-21-15(27)17(18,19)20/h6,8,11-13,25H,4-5,7,9H2,1H3,(H,21,27)(H,22,23,26,28)/t11-,12-,13-/m1/s1. The number of rotatable bonds is 9. The zero-order valence-corrected chi connectivity index (χ0v) is 18.2. The summed E-state index contributed by atoms with van der Waals surface area (Å²) in [5.74, 6) is 2.73. The second-order valence-corrected chi connectivity index (χ2v) is 8.60. The molecule has 1 aliphatic heterocycles. The molecule has 0 bridgehead atoms. The van der Waals surface area contributed by atoms with Gasteiger partial charge in [-0.3, -0.25) is 14.2 Å². The van der Waals surface area contributed by atoms with Crippen molar-refractivity contribution in [2.45, 2.75) is 31.0 Å². The molecule has 2 rings (SSSR count). The molecule has 0 unspecified atom stereocenters. The monoisotopic (exact) mass is 496 g/mol. The Bertz CT molecular complexity index is 934. The minimum Gasteiger partial charge on any atom is -0.394 e. The number of hydrogen-bond donors (Lipinski definition) is 3. The van der Waals surface area contributed by atoms with Crippen LogP contribution in [0, 0.1) is 11.8 Å². The highest BCUT2D eigenvalue weighted by atomic mass is 33.1. The van der Waals surface area contributed by atoms with Gasteiger partial charge < -0.3 is 25.2 Å². The molecule has 15 heteroatoms. The zero-order chi connectivity index (χ0) is 23.7. The molecule has 2 amide bonds. The highest BCUT2D eigenvalue weighted by Gasteiger charge is 2.38. The topological polar surface area (TPSA) is 132 Å². The summed E-state index contributed by atoms with van der Waals surface area (Å²) in [6.07, 6.45) is -3.50. The second kappa shape index (κ2) is 12.1. The van der Waals surface area contributed by atoms with Crippen LogP contribution < -0.4 is 16.3 Å². The van der Waals surface area contributed by atoms with Gasteiger partial charge in [-0.1, -0.05) is 33.4 Å². The quantitative estimate of drug-likeness (QED) is 0.147. The molecular weight excluding hydrogens is 477 g/mol. The Labute approximate surface area is 188 Å². The number of alkyl halides is 3. The molecule has 0 spiro atoms. The molecule has 3 N–H and O–H groups in total. The van der Waals surface area contributed by atoms with Crippen LogP contribution in [-0.2, 0) is 19.1 Å². The molecule has 1 fully saturated rings. The molecule has 0 radical (unpaired) electrons. The van der Waals surface area contributed by atoms with Crippen molar-refractivity contribution >= 4 is 39.7 Å². The lowest BCUT2D eigenvalue weighted by Crippen LogP contribution is -2.36. The van der Waals surface area contributed by atoms with Crippen molar-refractivity contribution in [3.05, 3.63) is 22.2 Å². The van der Waals surface area contributed by atoms with E-state index >= 15 is 0 Å². The molecule has 0 saturated carbocycles. The lowest BCUT2D eigenvalue weighted by molar-refractivity contribution is -0.173. The highest BCUT2D eigenvalue weighted by Crippen LogP contribution is 2.31. The third-order valence-corrected chi connectivity index (χ3v) is 5.55. The van der Waals surface area contributed by atoms with E-state index in [0.29, 0.717) is 5.94 Å². The number of aromatic nitrogens is 2. The minimum absolute atomic E-state index is 0.00409. The van der Waals surface area contributed by atoms with Crippen LogP contribution >= 0.6 is 21.6 Å². The average molecular weight is 496 g/mol. The summed E-state index contributed by atoms with van der Waals surface area (Å²) >= 11 is 0. The number of halogens is 3. The molecule has 1 aromatic heterocycles. The summed E-state index contributed by atoms with van der Waals surface area (Å²) in [6, 6.07) is 0. The fourth-order valence-corrected chi connectivity index (χ4v) is 3.45. The second-order valence-electron chi connectivity index (χ2n) is 6.09.